The van der Waals surface area contributed by atoms with Gasteiger partial charge in [-0.15, -0.1) is 0 Å². The number of halogens is 1. The first-order valence-electron chi connectivity index (χ1n) is 8.04. The zero-order chi connectivity index (χ0) is 15.2. The van der Waals surface area contributed by atoms with Gasteiger partial charge in [-0.3, -0.25) is 0 Å². The summed E-state index contributed by atoms with van der Waals surface area (Å²) < 4.78 is 5.52. The molecular formula is C17H21ClN2O2. The van der Waals surface area contributed by atoms with Gasteiger partial charge in [0.05, 0.1) is 6.61 Å². The molecule has 1 saturated carbocycles. The molecule has 1 N–H and O–H groups in total. The predicted molar refractivity (Wildman–Crippen MR) is 85.2 cm³/mol. The van der Waals surface area contributed by atoms with Gasteiger partial charge in [0.2, 0.25) is 0 Å². The third kappa shape index (κ3) is 2.70. The molecule has 1 aromatic carbocycles. The van der Waals surface area contributed by atoms with E-state index in [-0.39, 0.29) is 17.5 Å². The van der Waals surface area contributed by atoms with Crippen molar-refractivity contribution in [2.24, 2.45) is 5.41 Å². The molecule has 0 bridgehead atoms. The second kappa shape index (κ2) is 5.43. The van der Waals surface area contributed by atoms with Crippen LogP contribution in [0.2, 0.25) is 5.02 Å². The van der Waals surface area contributed by atoms with Crippen molar-refractivity contribution in [2.75, 3.05) is 26.3 Å². The molecule has 5 heteroatoms. The van der Waals surface area contributed by atoms with E-state index >= 15 is 0 Å². The van der Waals surface area contributed by atoms with Crippen LogP contribution in [0.4, 0.5) is 4.79 Å². The minimum absolute atomic E-state index is 0.0818. The number of benzene rings is 1. The van der Waals surface area contributed by atoms with E-state index in [1.54, 1.807) is 0 Å². The van der Waals surface area contributed by atoms with Gasteiger partial charge in [0.25, 0.3) is 0 Å². The number of hydrogen-bond acceptors (Lipinski definition) is 2. The van der Waals surface area contributed by atoms with E-state index in [4.69, 9.17) is 16.3 Å². The van der Waals surface area contributed by atoms with Crippen LogP contribution in [-0.2, 0) is 4.74 Å². The third-order valence-electron chi connectivity index (χ3n) is 5.29. The Balaban J connectivity index is 1.32. The first kappa shape index (κ1) is 14.3. The fraction of sp³-hybridized carbons (Fsp3) is 0.588. The van der Waals surface area contributed by atoms with Crippen molar-refractivity contribution in [3.63, 3.8) is 0 Å². The molecule has 1 aliphatic carbocycles. The zero-order valence-electron chi connectivity index (χ0n) is 12.6. The van der Waals surface area contributed by atoms with Crippen molar-refractivity contribution in [2.45, 2.75) is 31.2 Å². The van der Waals surface area contributed by atoms with Gasteiger partial charge in [0.1, 0.15) is 0 Å². The lowest BCUT2D eigenvalue weighted by Gasteiger charge is -2.22. The maximum absolute atomic E-state index is 12.4. The fourth-order valence-corrected chi connectivity index (χ4v) is 3.99. The van der Waals surface area contributed by atoms with Crippen LogP contribution >= 0.6 is 11.6 Å². The largest absolute Gasteiger partial charge is 0.381 e. The highest BCUT2D eigenvalue weighted by atomic mass is 35.5. The lowest BCUT2D eigenvalue weighted by atomic mass is 9.87. The Morgan fingerprint density at radius 2 is 2.32 bits per heavy atom. The average molecular weight is 321 g/mol. The number of rotatable bonds is 2. The minimum Gasteiger partial charge on any atom is -0.381 e. The van der Waals surface area contributed by atoms with Crippen LogP contribution in [0.5, 0.6) is 0 Å². The highest BCUT2D eigenvalue weighted by molar-refractivity contribution is 6.30. The topological polar surface area (TPSA) is 41.6 Å². The van der Waals surface area contributed by atoms with Crippen LogP contribution in [-0.4, -0.2) is 43.3 Å². The number of carbonyl (C=O) groups is 1. The lowest BCUT2D eigenvalue weighted by molar-refractivity contribution is 0.152. The molecule has 22 heavy (non-hydrogen) atoms. The van der Waals surface area contributed by atoms with Crippen LogP contribution in [0.15, 0.2) is 24.3 Å². The number of ether oxygens (including phenoxy) is 1. The van der Waals surface area contributed by atoms with Gasteiger partial charge < -0.3 is 15.0 Å². The molecule has 4 rings (SSSR count). The van der Waals surface area contributed by atoms with Crippen molar-refractivity contribution in [1.82, 2.24) is 10.2 Å². The Hall–Kier alpha value is -1.26. The van der Waals surface area contributed by atoms with Gasteiger partial charge >= 0.3 is 6.03 Å². The molecule has 0 radical (unpaired) electrons. The highest BCUT2D eigenvalue weighted by Gasteiger charge is 2.45. The fourth-order valence-electron chi connectivity index (χ4n) is 3.79. The van der Waals surface area contributed by atoms with E-state index < -0.39 is 0 Å². The summed E-state index contributed by atoms with van der Waals surface area (Å²) in [7, 11) is 0. The van der Waals surface area contributed by atoms with Crippen molar-refractivity contribution < 1.29 is 9.53 Å². The Labute approximate surface area is 135 Å². The Bertz CT molecular complexity index is 586. The highest BCUT2D eigenvalue weighted by Crippen LogP contribution is 2.42. The van der Waals surface area contributed by atoms with Gasteiger partial charge in [-0.25, -0.2) is 4.79 Å². The molecule has 118 valence electrons. The van der Waals surface area contributed by atoms with Gasteiger partial charge in [0.15, 0.2) is 0 Å². The van der Waals surface area contributed by atoms with Crippen molar-refractivity contribution in [3.05, 3.63) is 34.9 Å². The third-order valence-corrected chi connectivity index (χ3v) is 5.52. The summed E-state index contributed by atoms with van der Waals surface area (Å²) in [6, 6.07) is 8.27. The van der Waals surface area contributed by atoms with Gasteiger partial charge in [0, 0.05) is 42.1 Å². The molecule has 2 amide bonds. The summed E-state index contributed by atoms with van der Waals surface area (Å²) in [4.78, 5) is 14.4. The summed E-state index contributed by atoms with van der Waals surface area (Å²) in [6.45, 7) is 3.34. The van der Waals surface area contributed by atoms with E-state index in [0.717, 1.165) is 50.6 Å². The summed E-state index contributed by atoms with van der Waals surface area (Å²) in [5, 5.41) is 3.93. The SMILES string of the molecule is O=C(N[C@@H]1C[C@H]1c1cccc(Cl)c1)N1CC[C@]2(CCOC2)C1. The maximum Gasteiger partial charge on any atom is 0.317 e. The monoisotopic (exact) mass is 320 g/mol. The number of carbonyl (C=O) groups excluding carboxylic acids is 1. The van der Waals surface area contributed by atoms with Crippen LogP contribution < -0.4 is 5.32 Å². The van der Waals surface area contributed by atoms with E-state index in [1.165, 1.54) is 5.56 Å². The van der Waals surface area contributed by atoms with Gasteiger partial charge in [-0.1, -0.05) is 23.7 Å². The van der Waals surface area contributed by atoms with E-state index in [0.29, 0.717) is 5.92 Å². The van der Waals surface area contributed by atoms with Crippen molar-refractivity contribution >= 4 is 17.6 Å². The summed E-state index contributed by atoms with van der Waals surface area (Å²) >= 11 is 6.04. The van der Waals surface area contributed by atoms with Crippen LogP contribution in [0, 0.1) is 5.41 Å². The zero-order valence-corrected chi connectivity index (χ0v) is 13.3. The molecular weight excluding hydrogens is 300 g/mol. The van der Waals surface area contributed by atoms with E-state index in [1.807, 2.05) is 23.1 Å². The van der Waals surface area contributed by atoms with Gasteiger partial charge in [-0.05, 0) is 37.0 Å². The molecule has 2 aliphatic heterocycles. The number of nitrogens with zero attached hydrogens (tertiary/aromatic N) is 1. The molecule has 1 spiro atoms. The molecule has 4 nitrogen and oxygen atoms in total. The number of urea groups is 1. The Kier molecular flexibility index (Phi) is 3.54. The minimum atomic E-state index is 0.0818. The normalized spacial score (nSPS) is 33.4. The number of amides is 2. The van der Waals surface area contributed by atoms with Crippen LogP contribution in [0.25, 0.3) is 0 Å². The van der Waals surface area contributed by atoms with E-state index in [2.05, 4.69) is 11.4 Å². The molecule has 3 aliphatic rings. The summed E-state index contributed by atoms with van der Waals surface area (Å²) in [5.74, 6) is 0.411. The second-order valence-electron chi connectivity index (χ2n) is 6.93. The number of likely N-dealkylation sites (tertiary alicyclic amines) is 1. The quantitative estimate of drug-likeness (QED) is 0.910. The standard InChI is InChI=1S/C17H21ClN2O2/c18-13-3-1-2-12(8-13)14-9-15(14)19-16(21)20-6-4-17(10-20)5-7-22-11-17/h1-3,8,14-15H,4-7,9-11H2,(H,19,21)/t14-,15+,17-/m0/s1. The van der Waals surface area contributed by atoms with E-state index in [9.17, 15) is 4.79 Å². The second-order valence-corrected chi connectivity index (χ2v) is 7.36. The summed E-state index contributed by atoms with van der Waals surface area (Å²) in [5.41, 5.74) is 1.45. The molecule has 2 heterocycles. The van der Waals surface area contributed by atoms with Crippen molar-refractivity contribution in [1.29, 1.82) is 0 Å². The first-order chi connectivity index (χ1) is 10.7. The molecule has 0 unspecified atom stereocenters. The summed E-state index contributed by atoms with van der Waals surface area (Å²) in [6.07, 6.45) is 3.17. The Morgan fingerprint density at radius 3 is 3.09 bits per heavy atom. The smallest absolute Gasteiger partial charge is 0.317 e. The van der Waals surface area contributed by atoms with Crippen molar-refractivity contribution in [3.8, 4) is 0 Å². The number of hydrogen-bond donors (Lipinski definition) is 1. The average Bonchev–Trinajstić information content (AvgIpc) is 2.95. The Morgan fingerprint density at radius 1 is 1.41 bits per heavy atom. The molecule has 0 aromatic heterocycles. The molecule has 2 saturated heterocycles. The van der Waals surface area contributed by atoms with Crippen LogP contribution in [0.3, 0.4) is 0 Å². The number of nitrogens with one attached hydrogen (secondary N) is 1. The molecule has 1 aromatic rings. The lowest BCUT2D eigenvalue weighted by Crippen LogP contribution is -2.41. The predicted octanol–water partition coefficient (Wildman–Crippen LogP) is 3.02. The van der Waals surface area contributed by atoms with Crippen LogP contribution in [0.1, 0.15) is 30.7 Å². The maximum atomic E-state index is 12.4. The molecule has 3 fully saturated rings. The molecule has 3 atom stereocenters. The van der Waals surface area contributed by atoms with Gasteiger partial charge in [-0.2, -0.15) is 0 Å². The first-order valence-corrected chi connectivity index (χ1v) is 8.42.